The second kappa shape index (κ2) is 2.97. The summed E-state index contributed by atoms with van der Waals surface area (Å²) in [6, 6.07) is 0. The van der Waals surface area contributed by atoms with Crippen molar-refractivity contribution in [1.29, 1.82) is 0 Å². The van der Waals surface area contributed by atoms with Crippen LogP contribution in [0.2, 0.25) is 0 Å². The quantitative estimate of drug-likeness (QED) is 0.463. The molecular formula is C8H13NO. The van der Waals surface area contributed by atoms with Crippen LogP contribution in [0.4, 0.5) is 0 Å². The minimum absolute atomic E-state index is 0.320. The molecule has 0 amide bonds. The Labute approximate surface area is 61.5 Å². The SMILES string of the molecule is C/C=C1\CN(C)CCC1=O. The number of ketones is 1. The average molecular weight is 139 g/mol. The molecule has 0 aromatic rings. The molecule has 0 unspecified atom stereocenters. The van der Waals surface area contributed by atoms with Crippen LogP contribution < -0.4 is 0 Å². The van der Waals surface area contributed by atoms with Crippen LogP contribution in [0.15, 0.2) is 11.6 Å². The molecule has 0 N–H and O–H groups in total. The summed E-state index contributed by atoms with van der Waals surface area (Å²) < 4.78 is 0. The molecule has 0 aromatic carbocycles. The highest BCUT2D eigenvalue weighted by Crippen LogP contribution is 2.09. The second-order valence-corrected chi connectivity index (χ2v) is 2.72. The number of likely N-dealkylation sites (N-methyl/N-ethyl adjacent to an activating group) is 1. The fraction of sp³-hybridized carbons (Fsp3) is 0.625. The lowest BCUT2D eigenvalue weighted by Gasteiger charge is -2.22. The summed E-state index contributed by atoms with van der Waals surface area (Å²) in [5.74, 6) is 0.320. The molecule has 56 valence electrons. The van der Waals surface area contributed by atoms with E-state index < -0.39 is 0 Å². The number of nitrogens with zero attached hydrogens (tertiary/aromatic N) is 1. The highest BCUT2D eigenvalue weighted by atomic mass is 16.1. The fourth-order valence-corrected chi connectivity index (χ4v) is 1.16. The van der Waals surface area contributed by atoms with Crippen LogP contribution in [-0.4, -0.2) is 30.8 Å². The number of hydrogen-bond acceptors (Lipinski definition) is 2. The highest BCUT2D eigenvalue weighted by molar-refractivity contribution is 5.96. The van der Waals surface area contributed by atoms with Crippen LogP contribution in [0.25, 0.3) is 0 Å². The maximum Gasteiger partial charge on any atom is 0.161 e. The van der Waals surface area contributed by atoms with Crippen molar-refractivity contribution in [3.8, 4) is 0 Å². The van der Waals surface area contributed by atoms with E-state index in [9.17, 15) is 4.79 Å². The first-order valence-corrected chi connectivity index (χ1v) is 3.61. The number of piperidine rings is 1. The summed E-state index contributed by atoms with van der Waals surface area (Å²) in [7, 11) is 2.04. The van der Waals surface area contributed by atoms with Gasteiger partial charge in [0.2, 0.25) is 0 Å². The Morgan fingerprint density at radius 2 is 2.30 bits per heavy atom. The minimum Gasteiger partial charge on any atom is -0.302 e. The number of rotatable bonds is 0. The predicted octanol–water partition coefficient (Wildman–Crippen LogP) is 0.837. The van der Waals surface area contributed by atoms with E-state index in [4.69, 9.17) is 0 Å². The van der Waals surface area contributed by atoms with E-state index in [1.54, 1.807) is 0 Å². The molecule has 0 radical (unpaired) electrons. The van der Waals surface area contributed by atoms with Gasteiger partial charge in [0.15, 0.2) is 5.78 Å². The summed E-state index contributed by atoms with van der Waals surface area (Å²) in [5, 5.41) is 0. The third-order valence-corrected chi connectivity index (χ3v) is 1.87. The summed E-state index contributed by atoms with van der Waals surface area (Å²) in [5.41, 5.74) is 0.966. The standard InChI is InChI=1S/C8H13NO/c1-3-7-6-9(2)5-4-8(7)10/h3H,4-6H2,1-2H3/b7-3+. The number of allylic oxidation sites excluding steroid dienone is 1. The van der Waals surface area contributed by atoms with Crippen LogP contribution in [0.1, 0.15) is 13.3 Å². The topological polar surface area (TPSA) is 20.3 Å². The van der Waals surface area contributed by atoms with Gasteiger partial charge >= 0.3 is 0 Å². The van der Waals surface area contributed by atoms with Crippen molar-refractivity contribution in [2.45, 2.75) is 13.3 Å². The van der Waals surface area contributed by atoms with Gasteiger partial charge in [0.25, 0.3) is 0 Å². The van der Waals surface area contributed by atoms with Crippen molar-refractivity contribution < 1.29 is 4.79 Å². The first kappa shape index (κ1) is 7.48. The first-order chi connectivity index (χ1) is 4.74. The van der Waals surface area contributed by atoms with Gasteiger partial charge in [-0.1, -0.05) is 6.08 Å². The summed E-state index contributed by atoms with van der Waals surface area (Å²) in [6.07, 6.45) is 2.61. The average Bonchev–Trinajstić information content (AvgIpc) is 1.94. The molecular weight excluding hydrogens is 126 g/mol. The lowest BCUT2D eigenvalue weighted by Crippen LogP contribution is -2.32. The smallest absolute Gasteiger partial charge is 0.161 e. The third kappa shape index (κ3) is 1.45. The highest BCUT2D eigenvalue weighted by Gasteiger charge is 2.16. The van der Waals surface area contributed by atoms with Crippen molar-refractivity contribution in [3.63, 3.8) is 0 Å². The van der Waals surface area contributed by atoms with Crippen LogP contribution in [-0.2, 0) is 4.79 Å². The van der Waals surface area contributed by atoms with E-state index in [-0.39, 0.29) is 0 Å². The van der Waals surface area contributed by atoms with Gasteiger partial charge < -0.3 is 4.90 Å². The number of carbonyl (C=O) groups excluding carboxylic acids is 1. The third-order valence-electron chi connectivity index (χ3n) is 1.87. The lowest BCUT2D eigenvalue weighted by molar-refractivity contribution is -0.117. The van der Waals surface area contributed by atoms with E-state index in [2.05, 4.69) is 4.90 Å². The molecule has 0 atom stereocenters. The number of Topliss-reactive ketones (excluding diaryl/α,β-unsaturated/α-hetero) is 1. The van der Waals surface area contributed by atoms with Gasteiger partial charge in [-0.25, -0.2) is 0 Å². The molecule has 2 heteroatoms. The zero-order chi connectivity index (χ0) is 7.56. The van der Waals surface area contributed by atoms with E-state index in [0.29, 0.717) is 12.2 Å². The summed E-state index contributed by atoms with van der Waals surface area (Å²) >= 11 is 0. The molecule has 1 heterocycles. The number of carbonyl (C=O) groups is 1. The molecule has 0 saturated carbocycles. The monoisotopic (exact) mass is 139 g/mol. The molecule has 10 heavy (non-hydrogen) atoms. The number of hydrogen-bond donors (Lipinski definition) is 0. The van der Waals surface area contributed by atoms with Crippen molar-refractivity contribution in [2.24, 2.45) is 0 Å². The van der Waals surface area contributed by atoms with Gasteiger partial charge in [-0.15, -0.1) is 0 Å². The van der Waals surface area contributed by atoms with Crippen molar-refractivity contribution >= 4 is 5.78 Å². The molecule has 0 aromatic heterocycles. The molecule has 1 aliphatic rings. The van der Waals surface area contributed by atoms with E-state index in [0.717, 1.165) is 18.7 Å². The Hall–Kier alpha value is -0.630. The van der Waals surface area contributed by atoms with Crippen LogP contribution in [0.5, 0.6) is 0 Å². The Bertz CT molecular complexity index is 172. The minimum atomic E-state index is 0.320. The zero-order valence-corrected chi connectivity index (χ0v) is 6.55. The van der Waals surface area contributed by atoms with Gasteiger partial charge in [-0.3, -0.25) is 4.79 Å². The van der Waals surface area contributed by atoms with Gasteiger partial charge in [0, 0.05) is 25.1 Å². The van der Waals surface area contributed by atoms with Gasteiger partial charge in [0.1, 0.15) is 0 Å². The van der Waals surface area contributed by atoms with Gasteiger partial charge in [-0.05, 0) is 14.0 Å². The van der Waals surface area contributed by atoms with Gasteiger partial charge in [-0.2, -0.15) is 0 Å². The summed E-state index contributed by atoms with van der Waals surface area (Å²) in [6.45, 7) is 3.66. The largest absolute Gasteiger partial charge is 0.302 e. The molecule has 1 aliphatic heterocycles. The Morgan fingerprint density at radius 1 is 1.60 bits per heavy atom. The number of likely N-dealkylation sites (tertiary alicyclic amines) is 1. The summed E-state index contributed by atoms with van der Waals surface area (Å²) in [4.78, 5) is 13.2. The van der Waals surface area contributed by atoms with Crippen molar-refractivity contribution in [1.82, 2.24) is 4.90 Å². The van der Waals surface area contributed by atoms with Crippen molar-refractivity contribution in [2.75, 3.05) is 20.1 Å². The fourth-order valence-electron chi connectivity index (χ4n) is 1.16. The Balaban J connectivity index is 2.63. The molecule has 1 rings (SSSR count). The van der Waals surface area contributed by atoms with Crippen molar-refractivity contribution in [3.05, 3.63) is 11.6 Å². The lowest BCUT2D eigenvalue weighted by atomic mass is 10.0. The van der Waals surface area contributed by atoms with E-state index in [1.165, 1.54) is 0 Å². The van der Waals surface area contributed by atoms with Crippen LogP contribution in [0.3, 0.4) is 0 Å². The maximum atomic E-state index is 11.1. The molecule has 0 spiro atoms. The van der Waals surface area contributed by atoms with Crippen LogP contribution in [0, 0.1) is 0 Å². The van der Waals surface area contributed by atoms with E-state index in [1.807, 2.05) is 20.0 Å². The Morgan fingerprint density at radius 3 is 2.80 bits per heavy atom. The van der Waals surface area contributed by atoms with Crippen LogP contribution >= 0.6 is 0 Å². The molecule has 1 fully saturated rings. The zero-order valence-electron chi connectivity index (χ0n) is 6.55. The molecule has 1 saturated heterocycles. The predicted molar refractivity (Wildman–Crippen MR) is 40.9 cm³/mol. The van der Waals surface area contributed by atoms with Gasteiger partial charge in [0.05, 0.1) is 0 Å². The maximum absolute atomic E-state index is 11.1. The molecule has 0 aliphatic carbocycles. The second-order valence-electron chi connectivity index (χ2n) is 2.72. The molecule has 0 bridgehead atoms. The Kier molecular flexibility index (Phi) is 2.22. The first-order valence-electron chi connectivity index (χ1n) is 3.61. The molecule has 2 nitrogen and oxygen atoms in total. The normalized spacial score (nSPS) is 25.8. The van der Waals surface area contributed by atoms with E-state index >= 15 is 0 Å².